The normalized spacial score (nSPS) is 10.7. The molecule has 1 amide bonds. The van der Waals surface area contributed by atoms with E-state index in [2.05, 4.69) is 31.4 Å². The molecule has 0 spiro atoms. The Balaban J connectivity index is 1.50. The van der Waals surface area contributed by atoms with Crippen molar-refractivity contribution in [3.05, 3.63) is 63.1 Å². The van der Waals surface area contributed by atoms with Crippen molar-refractivity contribution in [2.75, 3.05) is 6.54 Å². The van der Waals surface area contributed by atoms with E-state index in [0.717, 1.165) is 4.47 Å². The van der Waals surface area contributed by atoms with Gasteiger partial charge in [0.25, 0.3) is 5.91 Å². The number of carbonyl (C=O) groups excluding carboxylic acids is 1. The maximum atomic E-state index is 12.1. The minimum Gasteiger partial charge on any atom is -0.470 e. The zero-order valence-corrected chi connectivity index (χ0v) is 16.5. The van der Waals surface area contributed by atoms with Gasteiger partial charge in [0.2, 0.25) is 0 Å². The van der Waals surface area contributed by atoms with E-state index in [1.807, 2.05) is 6.20 Å². The molecule has 1 N–H and O–H groups in total. The highest BCUT2D eigenvalue weighted by Gasteiger charge is 2.10. The van der Waals surface area contributed by atoms with Gasteiger partial charge in [-0.25, -0.2) is 4.68 Å². The maximum Gasteiger partial charge on any atom is 0.271 e. The standard InChI is InChI=1S/C16H14BrCl2N5O2/c17-11-8-21-23(9-11)7-5-20-16(25)13-4-6-24(22-13)10-26-14-3-1-2-12(18)15(14)19/h1-4,6,8-9H,5,7,10H2,(H,20,25). The number of nitrogens with one attached hydrogen (secondary N) is 1. The lowest BCUT2D eigenvalue weighted by molar-refractivity contribution is 0.0945. The molecule has 10 heteroatoms. The van der Waals surface area contributed by atoms with Crippen molar-refractivity contribution in [1.29, 1.82) is 0 Å². The Labute approximate surface area is 168 Å². The number of carbonyl (C=O) groups is 1. The molecule has 0 unspecified atom stereocenters. The smallest absolute Gasteiger partial charge is 0.271 e. The first-order valence-electron chi connectivity index (χ1n) is 7.59. The van der Waals surface area contributed by atoms with Gasteiger partial charge in [0.05, 0.1) is 22.2 Å². The molecule has 136 valence electrons. The van der Waals surface area contributed by atoms with Gasteiger partial charge in [0.15, 0.2) is 6.73 Å². The molecule has 0 aliphatic rings. The average molecular weight is 459 g/mol. The number of nitrogens with zero attached hydrogens (tertiary/aromatic N) is 4. The van der Waals surface area contributed by atoms with E-state index >= 15 is 0 Å². The van der Waals surface area contributed by atoms with Crippen LogP contribution >= 0.6 is 39.1 Å². The fourth-order valence-corrected chi connectivity index (χ4v) is 2.80. The molecule has 0 aliphatic carbocycles. The van der Waals surface area contributed by atoms with Crippen molar-refractivity contribution in [2.24, 2.45) is 0 Å². The van der Waals surface area contributed by atoms with Crippen LogP contribution in [0.1, 0.15) is 10.5 Å². The Bertz CT molecular complexity index is 912. The van der Waals surface area contributed by atoms with Crippen LogP contribution in [0.15, 0.2) is 47.3 Å². The van der Waals surface area contributed by atoms with Crippen molar-refractivity contribution in [3.8, 4) is 5.75 Å². The SMILES string of the molecule is O=C(NCCn1cc(Br)cn1)c1ccn(COc2cccc(Cl)c2Cl)n1. The van der Waals surface area contributed by atoms with E-state index in [9.17, 15) is 4.79 Å². The van der Waals surface area contributed by atoms with E-state index in [1.165, 1.54) is 4.68 Å². The van der Waals surface area contributed by atoms with Crippen LogP contribution in [0.3, 0.4) is 0 Å². The predicted octanol–water partition coefficient (Wildman–Crippen LogP) is 3.62. The summed E-state index contributed by atoms with van der Waals surface area (Å²) < 4.78 is 9.69. The number of halogens is 3. The second kappa shape index (κ2) is 8.57. The first-order valence-corrected chi connectivity index (χ1v) is 9.14. The third kappa shape index (κ3) is 4.78. The summed E-state index contributed by atoms with van der Waals surface area (Å²) in [6.07, 6.45) is 5.17. The molecule has 7 nitrogen and oxygen atoms in total. The molecule has 0 atom stereocenters. The fraction of sp³-hybridized carbons (Fsp3) is 0.188. The van der Waals surface area contributed by atoms with E-state index in [4.69, 9.17) is 27.9 Å². The highest BCUT2D eigenvalue weighted by Crippen LogP contribution is 2.31. The van der Waals surface area contributed by atoms with E-state index in [1.54, 1.807) is 41.3 Å². The number of aromatic nitrogens is 4. The lowest BCUT2D eigenvalue weighted by Crippen LogP contribution is -2.28. The summed E-state index contributed by atoms with van der Waals surface area (Å²) in [5.41, 5.74) is 0.299. The van der Waals surface area contributed by atoms with Crippen LogP contribution in [0.5, 0.6) is 5.75 Å². The monoisotopic (exact) mass is 457 g/mol. The summed E-state index contributed by atoms with van der Waals surface area (Å²) in [6.45, 7) is 1.11. The molecule has 0 radical (unpaired) electrons. The van der Waals surface area contributed by atoms with Crippen LogP contribution in [0, 0.1) is 0 Å². The number of benzene rings is 1. The summed E-state index contributed by atoms with van der Waals surface area (Å²) in [7, 11) is 0. The maximum absolute atomic E-state index is 12.1. The van der Waals surface area contributed by atoms with Gasteiger partial charge in [-0.15, -0.1) is 0 Å². The summed E-state index contributed by atoms with van der Waals surface area (Å²) in [6, 6.07) is 6.74. The van der Waals surface area contributed by atoms with Crippen molar-refractivity contribution in [2.45, 2.75) is 13.3 Å². The highest BCUT2D eigenvalue weighted by molar-refractivity contribution is 9.10. The van der Waals surface area contributed by atoms with Gasteiger partial charge < -0.3 is 10.1 Å². The molecule has 0 saturated carbocycles. The van der Waals surface area contributed by atoms with Gasteiger partial charge in [-0.2, -0.15) is 10.2 Å². The largest absolute Gasteiger partial charge is 0.470 e. The summed E-state index contributed by atoms with van der Waals surface area (Å²) in [5.74, 6) is 0.182. The Morgan fingerprint density at radius 2 is 2.12 bits per heavy atom. The third-order valence-corrected chi connectivity index (χ3v) is 4.58. The molecular weight excluding hydrogens is 445 g/mol. The number of hydrogen-bond donors (Lipinski definition) is 1. The molecular formula is C16H14BrCl2N5O2. The van der Waals surface area contributed by atoms with Crippen LogP contribution in [0.4, 0.5) is 0 Å². The number of ether oxygens (including phenoxy) is 1. The van der Waals surface area contributed by atoms with Gasteiger partial charge in [0, 0.05) is 18.9 Å². The molecule has 0 saturated heterocycles. The average Bonchev–Trinajstić information content (AvgIpc) is 3.25. The number of amides is 1. The van der Waals surface area contributed by atoms with Crippen LogP contribution in [0.2, 0.25) is 10.0 Å². The highest BCUT2D eigenvalue weighted by atomic mass is 79.9. The quantitative estimate of drug-likeness (QED) is 0.586. The lowest BCUT2D eigenvalue weighted by Gasteiger charge is -2.08. The Hall–Kier alpha value is -2.03. The van der Waals surface area contributed by atoms with Gasteiger partial charge in [-0.05, 0) is 34.1 Å². The first-order chi connectivity index (χ1) is 12.5. The molecule has 26 heavy (non-hydrogen) atoms. The molecule has 0 aliphatic heterocycles. The Morgan fingerprint density at radius 1 is 1.27 bits per heavy atom. The Morgan fingerprint density at radius 3 is 2.88 bits per heavy atom. The number of hydrogen-bond acceptors (Lipinski definition) is 4. The number of rotatable bonds is 7. The fourth-order valence-electron chi connectivity index (χ4n) is 2.12. The van der Waals surface area contributed by atoms with E-state index in [-0.39, 0.29) is 12.6 Å². The lowest BCUT2D eigenvalue weighted by atomic mass is 10.3. The molecule has 1 aromatic carbocycles. The molecule has 0 bridgehead atoms. The van der Waals surface area contributed by atoms with Crippen molar-refractivity contribution in [1.82, 2.24) is 24.9 Å². The molecule has 2 heterocycles. The van der Waals surface area contributed by atoms with Crippen LogP contribution < -0.4 is 10.1 Å². The first kappa shape index (κ1) is 18.8. The van der Waals surface area contributed by atoms with Gasteiger partial charge in [-0.3, -0.25) is 9.48 Å². The zero-order chi connectivity index (χ0) is 18.5. The van der Waals surface area contributed by atoms with Crippen LogP contribution in [0.25, 0.3) is 0 Å². The summed E-state index contributed by atoms with van der Waals surface area (Å²) in [4.78, 5) is 12.1. The third-order valence-electron chi connectivity index (χ3n) is 3.37. The van der Waals surface area contributed by atoms with Crippen molar-refractivity contribution >= 4 is 45.0 Å². The Kier molecular flexibility index (Phi) is 6.18. The van der Waals surface area contributed by atoms with Crippen LogP contribution in [-0.2, 0) is 13.3 Å². The van der Waals surface area contributed by atoms with Gasteiger partial charge in [0.1, 0.15) is 16.5 Å². The zero-order valence-electron chi connectivity index (χ0n) is 13.4. The molecule has 3 aromatic rings. The molecule has 3 rings (SSSR count). The molecule has 0 fully saturated rings. The van der Waals surface area contributed by atoms with E-state index in [0.29, 0.717) is 34.6 Å². The van der Waals surface area contributed by atoms with Gasteiger partial charge >= 0.3 is 0 Å². The predicted molar refractivity (Wildman–Crippen MR) is 102 cm³/mol. The van der Waals surface area contributed by atoms with Crippen LogP contribution in [-0.4, -0.2) is 32.0 Å². The van der Waals surface area contributed by atoms with Gasteiger partial charge in [-0.1, -0.05) is 29.3 Å². The summed E-state index contributed by atoms with van der Waals surface area (Å²) in [5, 5.41) is 11.8. The molecule has 2 aromatic heterocycles. The van der Waals surface area contributed by atoms with E-state index < -0.39 is 0 Å². The summed E-state index contributed by atoms with van der Waals surface area (Å²) >= 11 is 15.3. The van der Waals surface area contributed by atoms with Crippen molar-refractivity contribution in [3.63, 3.8) is 0 Å². The van der Waals surface area contributed by atoms with Crippen molar-refractivity contribution < 1.29 is 9.53 Å². The second-order valence-electron chi connectivity index (χ2n) is 5.24. The minimum atomic E-state index is -0.268. The topological polar surface area (TPSA) is 74.0 Å². The second-order valence-corrected chi connectivity index (χ2v) is 6.94. The minimum absolute atomic E-state index is 0.106.